The van der Waals surface area contributed by atoms with E-state index in [-0.39, 0.29) is 6.10 Å². The highest BCUT2D eigenvalue weighted by atomic mass is 16.5. The zero-order chi connectivity index (χ0) is 13.5. The Morgan fingerprint density at radius 2 is 1.94 bits per heavy atom. The highest BCUT2D eigenvalue weighted by Crippen LogP contribution is 2.20. The number of nitrogens with zero attached hydrogens (tertiary/aromatic N) is 1. The van der Waals surface area contributed by atoms with E-state index in [9.17, 15) is 5.11 Å². The second kappa shape index (κ2) is 7.39. The maximum Gasteiger partial charge on any atom is 0.122 e. The molecule has 3 heteroatoms. The molecule has 1 rings (SSSR count). The number of methoxy groups -OCH3 is 1. The van der Waals surface area contributed by atoms with E-state index in [4.69, 9.17) is 4.74 Å². The van der Waals surface area contributed by atoms with E-state index < -0.39 is 0 Å². The minimum absolute atomic E-state index is 0.231. The predicted molar refractivity (Wildman–Crippen MR) is 75.1 cm³/mol. The molecule has 0 bridgehead atoms. The molecule has 0 spiro atoms. The number of benzene rings is 1. The largest absolute Gasteiger partial charge is 0.496 e. The first kappa shape index (κ1) is 15.0. The summed E-state index contributed by atoms with van der Waals surface area (Å²) in [6.45, 7) is 4.95. The number of aliphatic hydroxyl groups excluding tert-OH is 1. The predicted octanol–water partition coefficient (Wildman–Crippen LogP) is 2.33. The summed E-state index contributed by atoms with van der Waals surface area (Å²) in [7, 11) is 3.81. The molecule has 1 N–H and O–H groups in total. The minimum Gasteiger partial charge on any atom is -0.496 e. The second-order valence-corrected chi connectivity index (χ2v) is 4.98. The van der Waals surface area contributed by atoms with Crippen molar-refractivity contribution in [2.75, 3.05) is 20.7 Å². The molecule has 0 aromatic heterocycles. The van der Waals surface area contributed by atoms with Crippen LogP contribution in [-0.2, 0) is 6.42 Å². The molecule has 0 saturated heterocycles. The first-order valence-corrected chi connectivity index (χ1v) is 6.54. The van der Waals surface area contributed by atoms with Crippen molar-refractivity contribution in [1.29, 1.82) is 0 Å². The van der Waals surface area contributed by atoms with Crippen LogP contribution in [0.2, 0.25) is 0 Å². The number of hydrogen-bond acceptors (Lipinski definition) is 3. The van der Waals surface area contributed by atoms with E-state index in [1.165, 1.54) is 5.56 Å². The summed E-state index contributed by atoms with van der Waals surface area (Å²) >= 11 is 0. The van der Waals surface area contributed by atoms with E-state index in [0.29, 0.717) is 6.04 Å². The molecule has 1 aromatic rings. The highest BCUT2D eigenvalue weighted by Gasteiger charge is 2.12. The minimum atomic E-state index is -0.231. The Bertz CT molecular complexity index is 352. The van der Waals surface area contributed by atoms with Crippen molar-refractivity contribution >= 4 is 0 Å². The molecule has 0 amide bonds. The third kappa shape index (κ3) is 4.67. The van der Waals surface area contributed by atoms with Gasteiger partial charge in [0.15, 0.2) is 0 Å². The number of hydrogen-bond donors (Lipinski definition) is 1. The van der Waals surface area contributed by atoms with Crippen LogP contribution in [0.5, 0.6) is 5.75 Å². The molecule has 0 aliphatic rings. The van der Waals surface area contributed by atoms with Crippen LogP contribution in [-0.4, -0.2) is 42.9 Å². The highest BCUT2D eigenvalue weighted by molar-refractivity contribution is 5.33. The van der Waals surface area contributed by atoms with Crippen LogP contribution in [0, 0.1) is 0 Å². The zero-order valence-corrected chi connectivity index (χ0v) is 11.9. The number of likely N-dealkylation sites (N-methyl/N-ethyl adjacent to an activating group) is 1. The summed E-state index contributed by atoms with van der Waals surface area (Å²) in [5.74, 6) is 0.952. The van der Waals surface area contributed by atoms with Gasteiger partial charge in [-0.3, -0.25) is 0 Å². The van der Waals surface area contributed by atoms with E-state index in [1.807, 2.05) is 25.1 Å². The number of rotatable bonds is 7. The smallest absolute Gasteiger partial charge is 0.122 e. The standard InChI is InChI=1S/C15H25NO2/c1-12(16(3)10-9-13(2)17)11-14-7-5-6-8-15(14)18-4/h5-8,12-13,17H,9-11H2,1-4H3. The van der Waals surface area contributed by atoms with Gasteiger partial charge in [0.1, 0.15) is 5.75 Å². The maximum atomic E-state index is 9.31. The van der Waals surface area contributed by atoms with Crippen LogP contribution in [0.15, 0.2) is 24.3 Å². The normalized spacial score (nSPS) is 14.6. The van der Waals surface area contributed by atoms with Crippen LogP contribution in [0.3, 0.4) is 0 Å². The van der Waals surface area contributed by atoms with Gasteiger partial charge in [0.2, 0.25) is 0 Å². The fraction of sp³-hybridized carbons (Fsp3) is 0.600. The number of para-hydroxylation sites is 1. The quantitative estimate of drug-likeness (QED) is 0.807. The van der Waals surface area contributed by atoms with Crippen LogP contribution < -0.4 is 4.74 Å². The fourth-order valence-electron chi connectivity index (χ4n) is 1.96. The lowest BCUT2D eigenvalue weighted by Gasteiger charge is -2.25. The Morgan fingerprint density at radius 3 is 2.56 bits per heavy atom. The monoisotopic (exact) mass is 251 g/mol. The van der Waals surface area contributed by atoms with E-state index in [0.717, 1.165) is 25.1 Å². The van der Waals surface area contributed by atoms with Gasteiger partial charge in [0.05, 0.1) is 13.2 Å². The SMILES string of the molecule is COc1ccccc1CC(C)N(C)CCC(C)O. The van der Waals surface area contributed by atoms with Crippen LogP contribution >= 0.6 is 0 Å². The molecular weight excluding hydrogens is 226 g/mol. The Balaban J connectivity index is 2.55. The van der Waals surface area contributed by atoms with Crippen LogP contribution in [0.1, 0.15) is 25.8 Å². The van der Waals surface area contributed by atoms with Crippen molar-refractivity contribution in [3.05, 3.63) is 29.8 Å². The lowest BCUT2D eigenvalue weighted by Crippen LogP contribution is -2.33. The average Bonchev–Trinajstić information content (AvgIpc) is 2.36. The molecule has 3 nitrogen and oxygen atoms in total. The van der Waals surface area contributed by atoms with Gasteiger partial charge in [0.25, 0.3) is 0 Å². The molecule has 0 aliphatic carbocycles. The van der Waals surface area contributed by atoms with Crippen LogP contribution in [0.25, 0.3) is 0 Å². The number of ether oxygens (including phenoxy) is 1. The van der Waals surface area contributed by atoms with Crippen molar-refractivity contribution in [3.63, 3.8) is 0 Å². The van der Waals surface area contributed by atoms with Gasteiger partial charge in [-0.05, 0) is 45.4 Å². The van der Waals surface area contributed by atoms with E-state index in [1.54, 1.807) is 7.11 Å². The van der Waals surface area contributed by atoms with Crippen molar-refractivity contribution in [1.82, 2.24) is 4.90 Å². The maximum absolute atomic E-state index is 9.31. The van der Waals surface area contributed by atoms with Gasteiger partial charge in [0, 0.05) is 12.6 Å². The van der Waals surface area contributed by atoms with E-state index >= 15 is 0 Å². The molecule has 0 radical (unpaired) electrons. The van der Waals surface area contributed by atoms with Gasteiger partial charge >= 0.3 is 0 Å². The van der Waals surface area contributed by atoms with Gasteiger partial charge < -0.3 is 14.7 Å². The lowest BCUT2D eigenvalue weighted by atomic mass is 10.0. The number of aliphatic hydroxyl groups is 1. The molecule has 102 valence electrons. The summed E-state index contributed by atoms with van der Waals surface area (Å²) < 4.78 is 5.37. The van der Waals surface area contributed by atoms with Crippen molar-refractivity contribution in [2.24, 2.45) is 0 Å². The molecule has 0 saturated carbocycles. The van der Waals surface area contributed by atoms with Crippen molar-refractivity contribution in [3.8, 4) is 5.75 Å². The van der Waals surface area contributed by atoms with Crippen molar-refractivity contribution in [2.45, 2.75) is 38.8 Å². The molecular formula is C15H25NO2. The summed E-state index contributed by atoms with van der Waals surface area (Å²) in [5, 5.41) is 9.31. The Morgan fingerprint density at radius 1 is 1.28 bits per heavy atom. The van der Waals surface area contributed by atoms with Crippen LogP contribution in [0.4, 0.5) is 0 Å². The Hall–Kier alpha value is -1.06. The molecule has 0 fully saturated rings. The molecule has 1 aromatic carbocycles. The Kier molecular flexibility index (Phi) is 6.16. The molecule has 2 atom stereocenters. The Labute approximate surface area is 110 Å². The van der Waals surface area contributed by atoms with Gasteiger partial charge in [-0.25, -0.2) is 0 Å². The molecule has 2 unspecified atom stereocenters. The molecule has 18 heavy (non-hydrogen) atoms. The third-order valence-corrected chi connectivity index (χ3v) is 3.36. The average molecular weight is 251 g/mol. The topological polar surface area (TPSA) is 32.7 Å². The molecule has 0 heterocycles. The summed E-state index contributed by atoms with van der Waals surface area (Å²) in [6, 6.07) is 8.57. The zero-order valence-electron chi connectivity index (χ0n) is 11.9. The van der Waals surface area contributed by atoms with Gasteiger partial charge in [-0.2, -0.15) is 0 Å². The second-order valence-electron chi connectivity index (χ2n) is 4.98. The summed E-state index contributed by atoms with van der Waals surface area (Å²) in [6.07, 6.45) is 1.54. The first-order chi connectivity index (χ1) is 8.54. The fourth-order valence-corrected chi connectivity index (χ4v) is 1.96. The first-order valence-electron chi connectivity index (χ1n) is 6.54. The summed E-state index contributed by atoms with van der Waals surface area (Å²) in [5.41, 5.74) is 1.23. The van der Waals surface area contributed by atoms with Crippen molar-refractivity contribution < 1.29 is 9.84 Å². The third-order valence-electron chi connectivity index (χ3n) is 3.36. The van der Waals surface area contributed by atoms with Gasteiger partial charge in [-0.1, -0.05) is 18.2 Å². The molecule has 0 aliphatic heterocycles. The lowest BCUT2D eigenvalue weighted by molar-refractivity contribution is 0.152. The van der Waals surface area contributed by atoms with E-state index in [2.05, 4.69) is 24.9 Å². The summed E-state index contributed by atoms with van der Waals surface area (Å²) in [4.78, 5) is 2.28. The van der Waals surface area contributed by atoms with Gasteiger partial charge in [-0.15, -0.1) is 0 Å².